The fourth-order valence-corrected chi connectivity index (χ4v) is 3.66. The molecule has 1 unspecified atom stereocenters. The van der Waals surface area contributed by atoms with Gasteiger partial charge in [-0.1, -0.05) is 36.4 Å². The second-order valence-electron chi connectivity index (χ2n) is 7.09. The van der Waals surface area contributed by atoms with Crippen molar-refractivity contribution in [1.29, 1.82) is 0 Å². The zero-order chi connectivity index (χ0) is 21.6. The number of amides is 1. The molecule has 0 aromatic heterocycles. The Morgan fingerprint density at radius 2 is 1.63 bits per heavy atom. The number of esters is 1. The number of carbonyl (C=O) groups is 2. The molecule has 1 aliphatic rings. The molecule has 0 fully saturated rings. The summed E-state index contributed by atoms with van der Waals surface area (Å²) in [5.41, 5.74) is 13.6. The van der Waals surface area contributed by atoms with E-state index in [1.165, 1.54) is 7.11 Å². The Bertz CT molecular complexity index is 970. The van der Waals surface area contributed by atoms with Crippen LogP contribution in [0.2, 0.25) is 0 Å². The van der Waals surface area contributed by atoms with Crippen molar-refractivity contribution in [1.82, 2.24) is 0 Å². The SMILES string of the molecule is COC(=O)C1=C(C(N)=O)C=C(Nc2ccccc2)C(CCN)(Nc2ccccc2)C1. The van der Waals surface area contributed by atoms with E-state index in [-0.39, 0.29) is 17.6 Å². The average molecular weight is 406 g/mol. The lowest BCUT2D eigenvalue weighted by atomic mass is 9.77. The van der Waals surface area contributed by atoms with Crippen LogP contribution >= 0.6 is 0 Å². The third-order valence-electron chi connectivity index (χ3n) is 5.09. The third-order valence-corrected chi connectivity index (χ3v) is 5.09. The Kier molecular flexibility index (Phi) is 6.54. The van der Waals surface area contributed by atoms with Crippen LogP contribution in [0.1, 0.15) is 12.8 Å². The summed E-state index contributed by atoms with van der Waals surface area (Å²) in [6.07, 6.45) is 2.31. The zero-order valence-corrected chi connectivity index (χ0v) is 16.9. The van der Waals surface area contributed by atoms with Gasteiger partial charge in [0.2, 0.25) is 5.91 Å². The summed E-state index contributed by atoms with van der Waals surface area (Å²) in [6.45, 7) is 0.355. The number of anilines is 2. The van der Waals surface area contributed by atoms with Crippen LogP contribution in [-0.2, 0) is 14.3 Å². The first-order valence-corrected chi connectivity index (χ1v) is 9.68. The predicted molar refractivity (Wildman–Crippen MR) is 117 cm³/mol. The Morgan fingerprint density at radius 3 is 2.17 bits per heavy atom. The van der Waals surface area contributed by atoms with E-state index in [4.69, 9.17) is 16.2 Å². The number of hydrogen-bond donors (Lipinski definition) is 4. The van der Waals surface area contributed by atoms with Crippen molar-refractivity contribution in [2.45, 2.75) is 18.4 Å². The maximum absolute atomic E-state index is 12.5. The molecule has 30 heavy (non-hydrogen) atoms. The number of para-hydroxylation sites is 2. The minimum absolute atomic E-state index is 0.128. The lowest BCUT2D eigenvalue weighted by Gasteiger charge is -2.41. The number of ether oxygens (including phenoxy) is 1. The van der Waals surface area contributed by atoms with Gasteiger partial charge in [0.15, 0.2) is 0 Å². The molecule has 0 heterocycles. The second-order valence-corrected chi connectivity index (χ2v) is 7.09. The predicted octanol–water partition coefficient (Wildman–Crippen LogP) is 2.54. The molecule has 0 bridgehead atoms. The van der Waals surface area contributed by atoms with Crippen molar-refractivity contribution >= 4 is 23.3 Å². The molecule has 156 valence electrons. The van der Waals surface area contributed by atoms with Crippen LogP contribution in [0.25, 0.3) is 0 Å². The maximum atomic E-state index is 12.5. The summed E-state index contributed by atoms with van der Waals surface area (Å²) in [4.78, 5) is 24.6. The molecule has 0 saturated carbocycles. The molecule has 1 amide bonds. The second kappa shape index (κ2) is 9.28. The van der Waals surface area contributed by atoms with Gasteiger partial charge in [-0.2, -0.15) is 0 Å². The summed E-state index contributed by atoms with van der Waals surface area (Å²) in [6, 6.07) is 19.2. The smallest absolute Gasteiger partial charge is 0.334 e. The zero-order valence-electron chi connectivity index (χ0n) is 16.9. The van der Waals surface area contributed by atoms with Crippen molar-refractivity contribution < 1.29 is 14.3 Å². The first-order chi connectivity index (χ1) is 14.5. The molecule has 7 heteroatoms. The van der Waals surface area contributed by atoms with E-state index in [2.05, 4.69) is 10.6 Å². The van der Waals surface area contributed by atoms with Crippen LogP contribution in [-0.4, -0.2) is 31.1 Å². The number of hydrogen-bond acceptors (Lipinski definition) is 6. The molecule has 7 nitrogen and oxygen atoms in total. The first kappa shape index (κ1) is 21.1. The molecule has 0 aliphatic heterocycles. The van der Waals surface area contributed by atoms with Gasteiger partial charge in [-0.15, -0.1) is 0 Å². The molecule has 2 aromatic carbocycles. The van der Waals surface area contributed by atoms with Crippen molar-refractivity contribution in [3.05, 3.63) is 83.6 Å². The fourth-order valence-electron chi connectivity index (χ4n) is 3.66. The van der Waals surface area contributed by atoms with Crippen LogP contribution in [0.5, 0.6) is 0 Å². The molecule has 1 aliphatic carbocycles. The number of primary amides is 1. The molecular formula is C23H26N4O3. The van der Waals surface area contributed by atoms with Gasteiger partial charge in [-0.05, 0) is 43.3 Å². The Balaban J connectivity index is 2.14. The van der Waals surface area contributed by atoms with Gasteiger partial charge in [-0.25, -0.2) is 4.79 Å². The van der Waals surface area contributed by atoms with Crippen molar-refractivity contribution in [2.24, 2.45) is 11.5 Å². The number of nitrogens with two attached hydrogens (primary N) is 2. The van der Waals surface area contributed by atoms with E-state index in [0.29, 0.717) is 18.7 Å². The van der Waals surface area contributed by atoms with E-state index in [1.54, 1.807) is 6.08 Å². The van der Waals surface area contributed by atoms with E-state index in [1.807, 2.05) is 60.7 Å². The van der Waals surface area contributed by atoms with Gasteiger partial charge in [0.05, 0.1) is 23.8 Å². The first-order valence-electron chi connectivity index (χ1n) is 9.68. The summed E-state index contributed by atoms with van der Waals surface area (Å²) < 4.78 is 4.93. The van der Waals surface area contributed by atoms with Crippen LogP contribution in [0.4, 0.5) is 11.4 Å². The normalized spacial score (nSPS) is 18.4. The van der Waals surface area contributed by atoms with Crippen LogP contribution in [0.3, 0.4) is 0 Å². The number of benzene rings is 2. The minimum Gasteiger partial charge on any atom is -0.466 e. The van der Waals surface area contributed by atoms with Gasteiger partial charge >= 0.3 is 5.97 Å². The molecule has 1 atom stereocenters. The van der Waals surface area contributed by atoms with E-state index < -0.39 is 17.4 Å². The van der Waals surface area contributed by atoms with Crippen molar-refractivity contribution in [3.63, 3.8) is 0 Å². The van der Waals surface area contributed by atoms with E-state index in [9.17, 15) is 9.59 Å². The van der Waals surface area contributed by atoms with Gasteiger partial charge in [0.25, 0.3) is 0 Å². The van der Waals surface area contributed by atoms with Gasteiger partial charge < -0.3 is 26.8 Å². The molecule has 0 spiro atoms. The number of methoxy groups -OCH3 is 1. The topological polar surface area (TPSA) is 119 Å². The Hall–Kier alpha value is -3.58. The summed E-state index contributed by atoms with van der Waals surface area (Å²) in [5.74, 6) is -1.28. The van der Waals surface area contributed by atoms with E-state index in [0.717, 1.165) is 11.4 Å². The molecular weight excluding hydrogens is 380 g/mol. The van der Waals surface area contributed by atoms with Crippen molar-refractivity contribution in [3.8, 4) is 0 Å². The summed E-state index contributed by atoms with van der Waals surface area (Å²) >= 11 is 0. The van der Waals surface area contributed by atoms with Gasteiger partial charge in [0.1, 0.15) is 0 Å². The lowest BCUT2D eigenvalue weighted by molar-refractivity contribution is -0.136. The third kappa shape index (κ3) is 4.52. The summed E-state index contributed by atoms with van der Waals surface area (Å²) in [7, 11) is 1.28. The number of nitrogens with one attached hydrogen (secondary N) is 2. The molecule has 2 aromatic rings. The standard InChI is InChI=1S/C23H26N4O3/c1-30-22(29)19-15-23(12-13-24,27-17-10-6-3-7-11-17)20(14-18(19)21(25)28)26-16-8-4-2-5-9-16/h2-11,14,26-27H,12-13,15,24H2,1H3,(H2,25,28). The average Bonchev–Trinajstić information content (AvgIpc) is 2.76. The number of rotatable bonds is 8. The largest absolute Gasteiger partial charge is 0.466 e. The van der Waals surface area contributed by atoms with Crippen LogP contribution < -0.4 is 22.1 Å². The van der Waals surface area contributed by atoms with Crippen LogP contribution in [0.15, 0.2) is 83.6 Å². The number of carbonyl (C=O) groups excluding carboxylic acids is 2. The maximum Gasteiger partial charge on any atom is 0.334 e. The molecule has 0 saturated heterocycles. The van der Waals surface area contributed by atoms with Gasteiger partial charge in [-0.3, -0.25) is 4.79 Å². The quantitative estimate of drug-likeness (QED) is 0.500. The van der Waals surface area contributed by atoms with Crippen LogP contribution in [0, 0.1) is 0 Å². The monoisotopic (exact) mass is 406 g/mol. The van der Waals surface area contributed by atoms with Gasteiger partial charge in [0, 0.05) is 23.5 Å². The highest BCUT2D eigenvalue weighted by Crippen LogP contribution is 2.39. The minimum atomic E-state index is -0.769. The summed E-state index contributed by atoms with van der Waals surface area (Å²) in [5, 5.41) is 6.92. The highest BCUT2D eigenvalue weighted by molar-refractivity contribution is 6.05. The molecule has 3 rings (SSSR count). The lowest BCUT2D eigenvalue weighted by Crippen LogP contribution is -2.48. The Morgan fingerprint density at radius 1 is 1.03 bits per heavy atom. The highest BCUT2D eigenvalue weighted by atomic mass is 16.5. The molecule has 0 radical (unpaired) electrons. The highest BCUT2D eigenvalue weighted by Gasteiger charge is 2.41. The van der Waals surface area contributed by atoms with Crippen molar-refractivity contribution in [2.75, 3.05) is 24.3 Å². The Labute approximate surface area is 175 Å². The molecule has 6 N–H and O–H groups in total. The van der Waals surface area contributed by atoms with E-state index >= 15 is 0 Å². The fraction of sp³-hybridized carbons (Fsp3) is 0.217.